The van der Waals surface area contributed by atoms with E-state index in [0.717, 1.165) is 11.3 Å². The smallest absolute Gasteiger partial charge is 0.269 e. The second kappa shape index (κ2) is 7.45. The number of hydrogen-bond acceptors (Lipinski definition) is 6. The number of nitrogens with one attached hydrogen (secondary N) is 1. The molecule has 0 bridgehead atoms. The highest BCUT2D eigenvalue weighted by molar-refractivity contribution is 7.98. The highest BCUT2D eigenvalue weighted by Crippen LogP contribution is 2.23. The Morgan fingerprint density at radius 2 is 1.86 bits per heavy atom. The molecule has 0 aliphatic heterocycles. The number of aromatic amines is 1. The third-order valence-electron chi connectivity index (χ3n) is 4.01. The first-order valence-corrected chi connectivity index (χ1v) is 9.48. The molecular weight excluding hydrogens is 402 g/mol. The van der Waals surface area contributed by atoms with Crippen molar-refractivity contribution in [1.29, 1.82) is 0 Å². The quantitative estimate of drug-likeness (QED) is 0.229. The molecule has 0 atom stereocenters. The van der Waals surface area contributed by atoms with Crippen molar-refractivity contribution >= 4 is 40.1 Å². The third-order valence-corrected chi connectivity index (χ3v) is 5.21. The van der Waals surface area contributed by atoms with Crippen LogP contribution in [0.4, 0.5) is 5.69 Å². The summed E-state index contributed by atoms with van der Waals surface area (Å²) in [6, 6.07) is 13.3. The van der Waals surface area contributed by atoms with Crippen LogP contribution in [0.15, 0.2) is 64.7 Å². The second-order valence-electron chi connectivity index (χ2n) is 5.85. The molecule has 0 amide bonds. The Kier molecular flexibility index (Phi) is 4.84. The van der Waals surface area contributed by atoms with Crippen molar-refractivity contribution in [2.45, 2.75) is 10.9 Å². The molecule has 0 saturated heterocycles. The molecule has 0 fully saturated rings. The van der Waals surface area contributed by atoms with Gasteiger partial charge in [-0.3, -0.25) is 14.9 Å². The average Bonchev–Trinajstić information content (AvgIpc) is 3.12. The van der Waals surface area contributed by atoms with Gasteiger partial charge in [0.15, 0.2) is 10.8 Å². The summed E-state index contributed by atoms with van der Waals surface area (Å²) in [5, 5.41) is 16.4. The Morgan fingerprint density at radius 1 is 1.14 bits per heavy atom. The number of H-pyrrole nitrogens is 1. The summed E-state index contributed by atoms with van der Waals surface area (Å²) in [6.45, 7) is 0. The van der Waals surface area contributed by atoms with Crippen LogP contribution >= 0.6 is 23.4 Å². The van der Waals surface area contributed by atoms with Crippen LogP contribution in [0, 0.1) is 10.1 Å². The van der Waals surface area contributed by atoms with Gasteiger partial charge in [0.05, 0.1) is 16.8 Å². The maximum atomic E-state index is 12.4. The minimum Gasteiger partial charge on any atom is -0.301 e. The molecule has 2 aromatic heterocycles. The van der Waals surface area contributed by atoms with Gasteiger partial charge in [0, 0.05) is 22.9 Å². The average molecular weight is 414 g/mol. The number of thioether (sulfide) groups is 1. The fourth-order valence-electron chi connectivity index (χ4n) is 2.60. The lowest BCUT2D eigenvalue weighted by Crippen LogP contribution is -2.09. The molecule has 0 saturated carbocycles. The number of nitro groups is 1. The molecule has 2 aromatic carbocycles. The summed E-state index contributed by atoms with van der Waals surface area (Å²) in [4.78, 5) is 29.9. The summed E-state index contributed by atoms with van der Waals surface area (Å²) in [7, 11) is 0. The molecule has 8 nitrogen and oxygen atoms in total. The summed E-state index contributed by atoms with van der Waals surface area (Å²) in [5.41, 5.74) is 1.82. The van der Waals surface area contributed by atoms with E-state index in [9.17, 15) is 14.9 Å². The molecular formula is C18H12ClN5O3S. The second-order valence-corrected chi connectivity index (χ2v) is 7.25. The molecule has 2 heterocycles. The highest BCUT2D eigenvalue weighted by Gasteiger charge is 2.12. The van der Waals surface area contributed by atoms with Gasteiger partial charge < -0.3 is 4.98 Å². The van der Waals surface area contributed by atoms with E-state index >= 15 is 0 Å². The van der Waals surface area contributed by atoms with E-state index in [0.29, 0.717) is 27.0 Å². The van der Waals surface area contributed by atoms with Crippen molar-refractivity contribution in [3.63, 3.8) is 0 Å². The van der Waals surface area contributed by atoms with E-state index in [2.05, 4.69) is 15.1 Å². The number of aromatic nitrogens is 4. The van der Waals surface area contributed by atoms with E-state index in [1.54, 1.807) is 41.1 Å². The van der Waals surface area contributed by atoms with E-state index < -0.39 is 4.92 Å². The normalized spacial score (nSPS) is 11.0. The summed E-state index contributed by atoms with van der Waals surface area (Å²) < 4.78 is 1.58. The number of rotatable bonds is 5. The minimum atomic E-state index is -0.443. The lowest BCUT2D eigenvalue weighted by Gasteiger charge is -2.05. The van der Waals surface area contributed by atoms with Crippen molar-refractivity contribution in [2.75, 3.05) is 0 Å². The Bertz CT molecular complexity index is 1220. The number of nitrogens with zero attached hydrogens (tertiary/aromatic N) is 4. The monoisotopic (exact) mass is 413 g/mol. The lowest BCUT2D eigenvalue weighted by molar-refractivity contribution is -0.384. The number of nitro benzene ring substituents is 1. The Balaban J connectivity index is 1.62. The van der Waals surface area contributed by atoms with Crippen LogP contribution in [0.5, 0.6) is 0 Å². The highest BCUT2D eigenvalue weighted by atomic mass is 35.5. The van der Waals surface area contributed by atoms with E-state index in [4.69, 9.17) is 11.6 Å². The molecule has 140 valence electrons. The molecule has 0 aliphatic carbocycles. The van der Waals surface area contributed by atoms with Crippen molar-refractivity contribution in [2.24, 2.45) is 0 Å². The van der Waals surface area contributed by atoms with Crippen molar-refractivity contribution in [3.8, 4) is 5.69 Å². The Labute approximate surface area is 167 Å². The topological polar surface area (TPSA) is 107 Å². The molecule has 0 spiro atoms. The van der Waals surface area contributed by atoms with E-state index in [-0.39, 0.29) is 11.2 Å². The molecule has 1 N–H and O–H groups in total. The van der Waals surface area contributed by atoms with Crippen LogP contribution in [0.25, 0.3) is 16.7 Å². The lowest BCUT2D eigenvalue weighted by atomic mass is 10.2. The first-order chi connectivity index (χ1) is 13.5. The van der Waals surface area contributed by atoms with Gasteiger partial charge >= 0.3 is 0 Å². The van der Waals surface area contributed by atoms with Gasteiger partial charge in [-0.1, -0.05) is 35.5 Å². The minimum absolute atomic E-state index is 0.0357. The number of non-ortho nitro benzene ring substituents is 1. The number of fused-ring (bicyclic) bond motifs is 1. The van der Waals surface area contributed by atoms with Gasteiger partial charge in [0.25, 0.3) is 11.2 Å². The predicted molar refractivity (Wildman–Crippen MR) is 107 cm³/mol. The first kappa shape index (κ1) is 18.2. The predicted octanol–water partition coefficient (Wildman–Crippen LogP) is 3.96. The van der Waals surface area contributed by atoms with Crippen molar-refractivity contribution < 1.29 is 4.92 Å². The van der Waals surface area contributed by atoms with Crippen LogP contribution in [-0.2, 0) is 5.75 Å². The number of hydrogen-bond donors (Lipinski definition) is 1. The molecule has 10 heteroatoms. The summed E-state index contributed by atoms with van der Waals surface area (Å²) in [6.07, 6.45) is 1.47. The summed E-state index contributed by atoms with van der Waals surface area (Å²) >= 11 is 7.26. The number of halogens is 1. The maximum Gasteiger partial charge on any atom is 0.269 e. The Morgan fingerprint density at radius 3 is 2.54 bits per heavy atom. The van der Waals surface area contributed by atoms with Gasteiger partial charge in [-0.05, 0) is 29.8 Å². The van der Waals surface area contributed by atoms with Crippen LogP contribution < -0.4 is 5.56 Å². The molecule has 28 heavy (non-hydrogen) atoms. The molecule has 4 rings (SSSR count). The van der Waals surface area contributed by atoms with Crippen LogP contribution in [0.3, 0.4) is 0 Å². The first-order valence-electron chi connectivity index (χ1n) is 8.11. The molecule has 0 unspecified atom stereocenters. The van der Waals surface area contributed by atoms with Crippen molar-refractivity contribution in [1.82, 2.24) is 19.7 Å². The molecule has 0 aliphatic rings. The zero-order valence-electron chi connectivity index (χ0n) is 14.2. The van der Waals surface area contributed by atoms with Crippen LogP contribution in [0.1, 0.15) is 5.56 Å². The Hall–Kier alpha value is -3.17. The van der Waals surface area contributed by atoms with E-state index in [1.165, 1.54) is 30.1 Å². The zero-order valence-corrected chi connectivity index (χ0v) is 15.8. The zero-order chi connectivity index (χ0) is 19.7. The fourth-order valence-corrected chi connectivity index (χ4v) is 3.54. The molecule has 4 aromatic rings. The van der Waals surface area contributed by atoms with Gasteiger partial charge in [-0.25, -0.2) is 9.67 Å². The standard InChI is InChI=1S/C18H12ClN5O3S/c19-12-3-7-13(8-4-12)23-16-15(9-20-23)17(25)22-18(21-16)28-10-11-1-5-14(6-2-11)24(26)27/h1-9H,10H2,(H,21,22,25). The van der Waals surface area contributed by atoms with Gasteiger partial charge in [0.2, 0.25) is 0 Å². The molecule has 0 radical (unpaired) electrons. The van der Waals surface area contributed by atoms with Gasteiger partial charge in [0.1, 0.15) is 5.39 Å². The van der Waals surface area contributed by atoms with Gasteiger partial charge in [-0.15, -0.1) is 0 Å². The number of benzene rings is 2. The largest absolute Gasteiger partial charge is 0.301 e. The SMILES string of the molecule is O=c1[nH]c(SCc2ccc([N+](=O)[O-])cc2)nc2c1cnn2-c1ccc(Cl)cc1. The van der Waals surface area contributed by atoms with Crippen molar-refractivity contribution in [3.05, 3.63) is 85.8 Å². The van der Waals surface area contributed by atoms with Crippen LogP contribution in [0.2, 0.25) is 5.02 Å². The van der Waals surface area contributed by atoms with Crippen LogP contribution in [-0.4, -0.2) is 24.7 Å². The maximum absolute atomic E-state index is 12.4. The third kappa shape index (κ3) is 3.62. The summed E-state index contributed by atoms with van der Waals surface area (Å²) in [5.74, 6) is 0.502. The van der Waals surface area contributed by atoms with Gasteiger partial charge in [-0.2, -0.15) is 5.10 Å². The fraction of sp³-hybridized carbons (Fsp3) is 0.0556. The van der Waals surface area contributed by atoms with E-state index in [1.807, 2.05) is 0 Å².